The van der Waals surface area contributed by atoms with E-state index in [4.69, 9.17) is 0 Å². The zero-order chi connectivity index (χ0) is 13.1. The number of nitrogens with one attached hydrogen (secondary N) is 1. The van der Waals surface area contributed by atoms with Crippen molar-refractivity contribution in [2.75, 3.05) is 18.0 Å². The summed E-state index contributed by atoms with van der Waals surface area (Å²) in [6.45, 7) is 6.68. The van der Waals surface area contributed by atoms with Crippen LogP contribution in [0.15, 0.2) is 27.1 Å². The van der Waals surface area contributed by atoms with Crippen LogP contribution < -0.4 is 10.2 Å². The number of piperidine rings is 1. The van der Waals surface area contributed by atoms with Gasteiger partial charge in [-0.15, -0.1) is 0 Å². The average molecular weight is 376 g/mol. The molecule has 0 saturated carbocycles. The second-order valence-corrected chi connectivity index (χ2v) is 6.97. The Balaban J connectivity index is 2.08. The van der Waals surface area contributed by atoms with Crippen molar-refractivity contribution in [3.63, 3.8) is 0 Å². The lowest BCUT2D eigenvalue weighted by Gasteiger charge is -2.36. The first-order valence-electron chi connectivity index (χ1n) is 6.52. The molecule has 0 bridgehead atoms. The molecule has 1 aromatic carbocycles. The molecule has 1 fully saturated rings. The van der Waals surface area contributed by atoms with Crippen LogP contribution in [0.3, 0.4) is 0 Å². The summed E-state index contributed by atoms with van der Waals surface area (Å²) >= 11 is 7.17. The molecular weight excluding hydrogens is 356 g/mol. The van der Waals surface area contributed by atoms with Crippen LogP contribution in [0.2, 0.25) is 0 Å². The van der Waals surface area contributed by atoms with Crippen molar-refractivity contribution < 1.29 is 0 Å². The molecule has 1 aromatic rings. The van der Waals surface area contributed by atoms with Crippen LogP contribution in [0, 0.1) is 0 Å². The number of nitrogens with zero attached hydrogens (tertiary/aromatic N) is 1. The van der Waals surface area contributed by atoms with Gasteiger partial charge >= 0.3 is 0 Å². The topological polar surface area (TPSA) is 15.3 Å². The van der Waals surface area contributed by atoms with Gasteiger partial charge in [0.05, 0.1) is 5.69 Å². The second-order valence-electron chi connectivity index (χ2n) is 5.20. The van der Waals surface area contributed by atoms with Crippen molar-refractivity contribution in [1.29, 1.82) is 0 Å². The summed E-state index contributed by atoms with van der Waals surface area (Å²) in [6, 6.07) is 7.58. The lowest BCUT2D eigenvalue weighted by atomic mass is 10.0. The largest absolute Gasteiger partial charge is 0.369 e. The Morgan fingerprint density at radius 2 is 2.11 bits per heavy atom. The van der Waals surface area contributed by atoms with E-state index in [0.717, 1.165) is 17.6 Å². The molecule has 0 spiro atoms. The molecule has 4 heteroatoms. The third kappa shape index (κ3) is 3.72. The Morgan fingerprint density at radius 3 is 2.78 bits per heavy atom. The van der Waals surface area contributed by atoms with Gasteiger partial charge in [0, 0.05) is 34.1 Å². The fourth-order valence-electron chi connectivity index (χ4n) is 2.54. The van der Waals surface area contributed by atoms with Crippen LogP contribution in [0.1, 0.15) is 26.7 Å². The highest BCUT2D eigenvalue weighted by Crippen LogP contribution is 2.31. The first kappa shape index (κ1) is 14.4. The van der Waals surface area contributed by atoms with E-state index in [2.05, 4.69) is 74.1 Å². The molecule has 1 heterocycles. The Labute approximate surface area is 126 Å². The maximum Gasteiger partial charge on any atom is 0.0511 e. The molecule has 1 unspecified atom stereocenters. The summed E-state index contributed by atoms with van der Waals surface area (Å²) < 4.78 is 2.29. The van der Waals surface area contributed by atoms with Crippen molar-refractivity contribution >= 4 is 37.5 Å². The predicted molar refractivity (Wildman–Crippen MR) is 85.3 cm³/mol. The van der Waals surface area contributed by atoms with Crippen molar-refractivity contribution in [3.05, 3.63) is 27.1 Å². The van der Waals surface area contributed by atoms with Gasteiger partial charge in [-0.1, -0.05) is 29.8 Å². The van der Waals surface area contributed by atoms with Gasteiger partial charge in [0.25, 0.3) is 0 Å². The zero-order valence-electron chi connectivity index (χ0n) is 10.9. The summed E-state index contributed by atoms with van der Waals surface area (Å²) in [5, 5.41) is 3.65. The Bertz CT molecular complexity index is 407. The quantitative estimate of drug-likeness (QED) is 0.852. The summed E-state index contributed by atoms with van der Waals surface area (Å²) in [5.41, 5.74) is 1.30. The molecule has 2 rings (SSSR count). The monoisotopic (exact) mass is 374 g/mol. The van der Waals surface area contributed by atoms with Crippen LogP contribution in [-0.4, -0.2) is 25.2 Å². The van der Waals surface area contributed by atoms with Gasteiger partial charge < -0.3 is 10.2 Å². The molecule has 0 aliphatic carbocycles. The Hall–Kier alpha value is -0.0600. The van der Waals surface area contributed by atoms with Crippen LogP contribution in [0.25, 0.3) is 0 Å². The maximum atomic E-state index is 3.66. The van der Waals surface area contributed by atoms with Gasteiger partial charge in [-0.05, 0) is 47.0 Å². The van der Waals surface area contributed by atoms with Gasteiger partial charge in [-0.25, -0.2) is 0 Å². The SMILES string of the molecule is CC(C)NC1CCCN(c2ccc(Br)cc2Br)C1. The lowest BCUT2D eigenvalue weighted by molar-refractivity contribution is 0.394. The van der Waals surface area contributed by atoms with E-state index in [9.17, 15) is 0 Å². The Morgan fingerprint density at radius 1 is 1.33 bits per heavy atom. The molecule has 0 aromatic heterocycles. The lowest BCUT2D eigenvalue weighted by Crippen LogP contribution is -2.48. The van der Waals surface area contributed by atoms with Gasteiger partial charge in [0.2, 0.25) is 0 Å². The normalized spacial score (nSPS) is 20.5. The standard InChI is InChI=1S/C14H20Br2N2/c1-10(2)17-12-4-3-7-18(9-12)14-6-5-11(15)8-13(14)16/h5-6,8,10,12,17H,3-4,7,9H2,1-2H3. The minimum atomic E-state index is 0.559. The summed E-state index contributed by atoms with van der Waals surface area (Å²) in [6.07, 6.45) is 2.54. The maximum absolute atomic E-state index is 3.66. The molecule has 1 aliphatic rings. The number of halogens is 2. The fraction of sp³-hybridized carbons (Fsp3) is 0.571. The first-order chi connectivity index (χ1) is 8.56. The highest BCUT2D eigenvalue weighted by atomic mass is 79.9. The molecule has 0 amide bonds. The van der Waals surface area contributed by atoms with E-state index < -0.39 is 0 Å². The van der Waals surface area contributed by atoms with E-state index in [-0.39, 0.29) is 0 Å². The third-order valence-electron chi connectivity index (χ3n) is 3.24. The van der Waals surface area contributed by atoms with Gasteiger partial charge in [-0.3, -0.25) is 0 Å². The number of anilines is 1. The van der Waals surface area contributed by atoms with E-state index in [1.165, 1.54) is 23.0 Å². The first-order valence-corrected chi connectivity index (χ1v) is 8.11. The minimum Gasteiger partial charge on any atom is -0.369 e. The minimum absolute atomic E-state index is 0.559. The number of rotatable bonds is 3. The molecule has 18 heavy (non-hydrogen) atoms. The van der Waals surface area contributed by atoms with Crippen molar-refractivity contribution in [3.8, 4) is 0 Å². The van der Waals surface area contributed by atoms with Crippen LogP contribution in [0.4, 0.5) is 5.69 Å². The van der Waals surface area contributed by atoms with E-state index in [1.807, 2.05) is 0 Å². The van der Waals surface area contributed by atoms with Crippen molar-refractivity contribution in [2.24, 2.45) is 0 Å². The van der Waals surface area contributed by atoms with Gasteiger partial charge in [-0.2, -0.15) is 0 Å². The van der Waals surface area contributed by atoms with Crippen LogP contribution in [0.5, 0.6) is 0 Å². The third-order valence-corrected chi connectivity index (χ3v) is 4.37. The Kier molecular flexibility index (Phi) is 5.10. The molecule has 0 radical (unpaired) electrons. The van der Waals surface area contributed by atoms with Crippen molar-refractivity contribution in [2.45, 2.75) is 38.8 Å². The highest BCUT2D eigenvalue weighted by molar-refractivity contribution is 9.11. The summed E-state index contributed by atoms with van der Waals surface area (Å²) in [5.74, 6) is 0. The van der Waals surface area contributed by atoms with E-state index in [0.29, 0.717) is 12.1 Å². The molecule has 2 nitrogen and oxygen atoms in total. The summed E-state index contributed by atoms with van der Waals surface area (Å²) in [7, 11) is 0. The fourth-order valence-corrected chi connectivity index (χ4v) is 3.84. The molecule has 1 saturated heterocycles. The van der Waals surface area contributed by atoms with Gasteiger partial charge in [0.1, 0.15) is 0 Å². The van der Waals surface area contributed by atoms with Crippen LogP contribution in [-0.2, 0) is 0 Å². The van der Waals surface area contributed by atoms with Crippen LogP contribution >= 0.6 is 31.9 Å². The molecule has 1 N–H and O–H groups in total. The smallest absolute Gasteiger partial charge is 0.0511 e. The van der Waals surface area contributed by atoms with E-state index >= 15 is 0 Å². The number of hydrogen-bond donors (Lipinski definition) is 1. The molecule has 1 aliphatic heterocycles. The van der Waals surface area contributed by atoms with Crippen molar-refractivity contribution in [1.82, 2.24) is 5.32 Å². The highest BCUT2D eigenvalue weighted by Gasteiger charge is 2.21. The zero-order valence-corrected chi connectivity index (χ0v) is 14.1. The number of benzene rings is 1. The molecule has 1 atom stereocenters. The second kappa shape index (κ2) is 6.40. The predicted octanol–water partition coefficient (Wildman–Crippen LogP) is 4.18. The molecule has 100 valence electrons. The molecular formula is C14H20Br2N2. The number of hydrogen-bond acceptors (Lipinski definition) is 2. The summed E-state index contributed by atoms with van der Waals surface area (Å²) in [4.78, 5) is 2.47. The van der Waals surface area contributed by atoms with Gasteiger partial charge in [0.15, 0.2) is 0 Å². The average Bonchev–Trinajstić information content (AvgIpc) is 2.28. The van der Waals surface area contributed by atoms with E-state index in [1.54, 1.807) is 0 Å².